The topological polar surface area (TPSA) is 66.3 Å². The van der Waals surface area contributed by atoms with Gasteiger partial charge in [-0.15, -0.1) is 0 Å². The van der Waals surface area contributed by atoms with Gasteiger partial charge in [-0.2, -0.15) is 5.10 Å². The highest BCUT2D eigenvalue weighted by Crippen LogP contribution is 2.24. The van der Waals surface area contributed by atoms with Crippen LogP contribution in [0.5, 0.6) is 0 Å². The Morgan fingerprint density at radius 1 is 1.06 bits per heavy atom. The molecule has 1 aliphatic heterocycles. The fourth-order valence-electron chi connectivity index (χ4n) is 4.37. The molecule has 2 aromatic heterocycles. The van der Waals surface area contributed by atoms with Crippen LogP contribution in [0.25, 0.3) is 11.0 Å². The Morgan fingerprint density at radius 2 is 1.79 bits per heavy atom. The molecule has 1 aromatic carbocycles. The van der Waals surface area contributed by atoms with Crippen molar-refractivity contribution < 1.29 is 4.79 Å². The van der Waals surface area contributed by atoms with E-state index in [1.165, 1.54) is 5.69 Å². The summed E-state index contributed by atoms with van der Waals surface area (Å²) in [5.74, 6) is 0.201. The Kier molecular flexibility index (Phi) is 7.28. The average Bonchev–Trinajstić information content (AvgIpc) is 3.26. The Morgan fingerprint density at radius 3 is 2.45 bits per heavy atom. The highest BCUT2D eigenvalue weighted by atomic mass is 16.1. The van der Waals surface area contributed by atoms with Gasteiger partial charge in [0.15, 0.2) is 5.65 Å². The number of benzene rings is 1. The Labute approximate surface area is 196 Å². The fourth-order valence-corrected chi connectivity index (χ4v) is 4.37. The third-order valence-corrected chi connectivity index (χ3v) is 6.34. The minimum atomic E-state index is -0.0403. The van der Waals surface area contributed by atoms with Crippen LogP contribution in [0, 0.1) is 0 Å². The van der Waals surface area contributed by atoms with Crippen molar-refractivity contribution in [1.82, 2.24) is 25.0 Å². The molecule has 7 heteroatoms. The second-order valence-electron chi connectivity index (χ2n) is 9.44. The van der Waals surface area contributed by atoms with Gasteiger partial charge >= 0.3 is 0 Å². The summed E-state index contributed by atoms with van der Waals surface area (Å²) in [5, 5.41) is 8.44. The van der Waals surface area contributed by atoms with Crippen molar-refractivity contribution in [2.24, 2.45) is 0 Å². The molecule has 1 aliphatic rings. The zero-order valence-corrected chi connectivity index (χ0v) is 20.3. The number of amides is 1. The molecule has 7 nitrogen and oxygen atoms in total. The second-order valence-corrected chi connectivity index (χ2v) is 9.44. The number of piperazine rings is 1. The minimum absolute atomic E-state index is 0.0403. The number of nitrogens with zero attached hydrogens (tertiary/aromatic N) is 5. The number of hydrogen-bond acceptors (Lipinski definition) is 5. The molecule has 33 heavy (non-hydrogen) atoms. The van der Waals surface area contributed by atoms with Crippen LogP contribution < -0.4 is 10.2 Å². The zero-order chi connectivity index (χ0) is 23.4. The van der Waals surface area contributed by atoms with E-state index in [0.717, 1.165) is 55.9 Å². The molecule has 0 atom stereocenters. The molecular weight excluding hydrogens is 412 g/mol. The van der Waals surface area contributed by atoms with E-state index in [1.54, 1.807) is 6.20 Å². The Hall–Kier alpha value is -2.93. The summed E-state index contributed by atoms with van der Waals surface area (Å²) in [6, 6.07) is 12.7. The summed E-state index contributed by atoms with van der Waals surface area (Å²) >= 11 is 0. The molecular formula is C26H36N6O. The van der Waals surface area contributed by atoms with Crippen molar-refractivity contribution in [3.63, 3.8) is 0 Å². The predicted molar refractivity (Wildman–Crippen MR) is 134 cm³/mol. The molecule has 0 spiro atoms. The lowest BCUT2D eigenvalue weighted by Crippen LogP contribution is -2.47. The first-order valence-electron chi connectivity index (χ1n) is 12.1. The highest BCUT2D eigenvalue weighted by Gasteiger charge is 2.19. The maximum atomic E-state index is 13.1. The number of anilines is 1. The molecule has 1 saturated heterocycles. The normalized spacial score (nSPS) is 15.0. The quantitative estimate of drug-likeness (QED) is 0.526. The Bertz CT molecular complexity index is 1070. The summed E-state index contributed by atoms with van der Waals surface area (Å²) in [6.45, 7) is 14.2. The van der Waals surface area contributed by atoms with Gasteiger partial charge in [0.25, 0.3) is 5.91 Å². The van der Waals surface area contributed by atoms with E-state index in [0.29, 0.717) is 12.1 Å². The van der Waals surface area contributed by atoms with E-state index < -0.39 is 0 Å². The minimum Gasteiger partial charge on any atom is -0.369 e. The molecule has 1 amide bonds. The van der Waals surface area contributed by atoms with Crippen molar-refractivity contribution in [2.45, 2.75) is 46.1 Å². The summed E-state index contributed by atoms with van der Waals surface area (Å²) in [7, 11) is 0. The van der Waals surface area contributed by atoms with Crippen molar-refractivity contribution in [3.05, 3.63) is 53.9 Å². The van der Waals surface area contributed by atoms with Crippen LogP contribution in [0.4, 0.5) is 5.69 Å². The molecule has 0 unspecified atom stereocenters. The van der Waals surface area contributed by atoms with Gasteiger partial charge in [0.2, 0.25) is 0 Å². The number of carbonyl (C=O) groups is 1. The van der Waals surface area contributed by atoms with E-state index in [-0.39, 0.29) is 17.9 Å². The van der Waals surface area contributed by atoms with E-state index in [1.807, 2.05) is 10.7 Å². The van der Waals surface area contributed by atoms with Crippen molar-refractivity contribution >= 4 is 22.6 Å². The van der Waals surface area contributed by atoms with Crippen molar-refractivity contribution in [1.29, 1.82) is 0 Å². The standard InChI is InChI=1S/C26H36N6O/c1-19(2)24-17-22(23-18-28-32(20(3)4)25(23)29-24)26(33)27-11-8-12-30-13-15-31(16-14-30)21-9-6-5-7-10-21/h5-7,9-10,17-20H,8,11-16H2,1-4H3,(H,27,33). The number of rotatable bonds is 8. The number of carbonyl (C=O) groups excluding carboxylic acids is 1. The zero-order valence-electron chi connectivity index (χ0n) is 20.3. The van der Waals surface area contributed by atoms with Crippen LogP contribution >= 0.6 is 0 Å². The fraction of sp³-hybridized carbons (Fsp3) is 0.500. The SMILES string of the molecule is CC(C)c1cc(C(=O)NCCCN2CCN(c3ccccc3)CC2)c2cnn(C(C)C)c2n1. The molecule has 0 radical (unpaired) electrons. The number of nitrogens with one attached hydrogen (secondary N) is 1. The first-order chi connectivity index (χ1) is 15.9. The lowest BCUT2D eigenvalue weighted by atomic mass is 10.0. The van der Waals surface area contributed by atoms with Gasteiger partial charge in [0.1, 0.15) is 0 Å². The number of pyridine rings is 1. The molecule has 1 N–H and O–H groups in total. The molecule has 3 heterocycles. The predicted octanol–water partition coefficient (Wildman–Crippen LogP) is 4.08. The molecule has 0 saturated carbocycles. The van der Waals surface area contributed by atoms with Crippen molar-refractivity contribution in [2.75, 3.05) is 44.2 Å². The number of para-hydroxylation sites is 1. The maximum absolute atomic E-state index is 13.1. The second kappa shape index (κ2) is 10.3. The lowest BCUT2D eigenvalue weighted by molar-refractivity contribution is 0.0953. The van der Waals surface area contributed by atoms with Gasteiger partial charge in [-0.25, -0.2) is 9.67 Å². The maximum Gasteiger partial charge on any atom is 0.252 e. The third kappa shape index (κ3) is 5.36. The summed E-state index contributed by atoms with van der Waals surface area (Å²) in [4.78, 5) is 22.8. The van der Waals surface area contributed by atoms with Gasteiger partial charge in [0.05, 0.1) is 17.1 Å². The molecule has 176 valence electrons. The van der Waals surface area contributed by atoms with E-state index >= 15 is 0 Å². The largest absolute Gasteiger partial charge is 0.369 e. The summed E-state index contributed by atoms with van der Waals surface area (Å²) < 4.78 is 1.90. The van der Waals surface area contributed by atoms with Gasteiger partial charge < -0.3 is 10.2 Å². The molecule has 1 fully saturated rings. The van der Waals surface area contributed by atoms with Crippen LogP contribution in [-0.2, 0) is 0 Å². The first kappa shape index (κ1) is 23.2. The van der Waals surface area contributed by atoms with Gasteiger partial charge in [0, 0.05) is 50.1 Å². The summed E-state index contributed by atoms with van der Waals surface area (Å²) in [5.41, 5.74) is 3.69. The average molecular weight is 449 g/mol. The van der Waals surface area contributed by atoms with E-state index in [2.05, 4.69) is 78.2 Å². The molecule has 0 bridgehead atoms. The summed E-state index contributed by atoms with van der Waals surface area (Å²) in [6.07, 6.45) is 2.71. The monoisotopic (exact) mass is 448 g/mol. The number of aromatic nitrogens is 3. The van der Waals surface area contributed by atoms with Gasteiger partial charge in [-0.3, -0.25) is 9.69 Å². The van der Waals surface area contributed by atoms with Crippen LogP contribution in [0.2, 0.25) is 0 Å². The van der Waals surface area contributed by atoms with Gasteiger partial charge in [-0.05, 0) is 50.9 Å². The smallest absolute Gasteiger partial charge is 0.252 e. The van der Waals surface area contributed by atoms with Crippen LogP contribution in [0.3, 0.4) is 0 Å². The van der Waals surface area contributed by atoms with Crippen LogP contribution in [0.15, 0.2) is 42.6 Å². The lowest BCUT2D eigenvalue weighted by Gasteiger charge is -2.36. The number of hydrogen-bond donors (Lipinski definition) is 1. The first-order valence-corrected chi connectivity index (χ1v) is 12.1. The highest BCUT2D eigenvalue weighted by molar-refractivity contribution is 6.05. The van der Waals surface area contributed by atoms with E-state index in [4.69, 9.17) is 4.98 Å². The third-order valence-electron chi connectivity index (χ3n) is 6.34. The molecule has 0 aliphatic carbocycles. The molecule has 4 rings (SSSR count). The number of fused-ring (bicyclic) bond motifs is 1. The molecule has 3 aromatic rings. The van der Waals surface area contributed by atoms with Gasteiger partial charge in [-0.1, -0.05) is 32.0 Å². The van der Waals surface area contributed by atoms with Crippen molar-refractivity contribution in [3.8, 4) is 0 Å². The van der Waals surface area contributed by atoms with Crippen LogP contribution in [-0.4, -0.2) is 64.8 Å². The van der Waals surface area contributed by atoms with Crippen LogP contribution in [0.1, 0.15) is 62.1 Å². The Balaban J connectivity index is 1.31. The van der Waals surface area contributed by atoms with E-state index in [9.17, 15) is 4.79 Å².